The van der Waals surface area contributed by atoms with Crippen molar-refractivity contribution in [2.75, 3.05) is 13.1 Å². The van der Waals surface area contributed by atoms with Crippen LogP contribution in [0.25, 0.3) is 33.2 Å². The normalized spacial score (nSPS) is 17.5. The average molecular weight is 529 g/mol. The molecule has 3 aromatic carbocycles. The summed E-state index contributed by atoms with van der Waals surface area (Å²) in [5, 5.41) is 20.2. The summed E-state index contributed by atoms with van der Waals surface area (Å²) in [6.07, 6.45) is 2.48. The molecule has 1 aromatic heterocycles. The Labute approximate surface area is 225 Å². The highest BCUT2D eigenvalue weighted by molar-refractivity contribution is 5.99. The zero-order valence-corrected chi connectivity index (χ0v) is 22.1. The van der Waals surface area contributed by atoms with E-state index >= 15 is 4.39 Å². The van der Waals surface area contributed by atoms with Gasteiger partial charge in [-0.1, -0.05) is 12.1 Å². The second-order valence-corrected chi connectivity index (χ2v) is 11.3. The number of aromatic nitrogens is 1. The molecule has 0 spiro atoms. The summed E-state index contributed by atoms with van der Waals surface area (Å²) in [6.45, 7) is 6.52. The highest BCUT2D eigenvalue weighted by Gasteiger charge is 2.33. The Hall–Kier alpha value is -4.06. The van der Waals surface area contributed by atoms with Gasteiger partial charge in [-0.05, 0) is 86.3 Å². The van der Waals surface area contributed by atoms with Crippen molar-refractivity contribution in [3.05, 3.63) is 83.6 Å². The lowest BCUT2D eigenvalue weighted by atomic mass is 9.91. The number of carbonyl (C=O) groups is 1. The molecule has 1 fully saturated rings. The van der Waals surface area contributed by atoms with E-state index in [9.17, 15) is 19.6 Å². The molecular weight excluding hydrogens is 498 g/mol. The minimum atomic E-state index is -0.979. The Morgan fingerprint density at radius 2 is 1.85 bits per heavy atom. The van der Waals surface area contributed by atoms with Crippen LogP contribution in [-0.2, 0) is 6.54 Å². The largest absolute Gasteiger partial charge is 0.389 e. The number of halogens is 2. The number of nitrogens with two attached hydrogens (primary N) is 1. The van der Waals surface area contributed by atoms with E-state index < -0.39 is 22.8 Å². The number of benzene rings is 3. The first-order chi connectivity index (χ1) is 18.3. The van der Waals surface area contributed by atoms with Crippen LogP contribution in [0, 0.1) is 23.0 Å². The van der Waals surface area contributed by atoms with E-state index in [1.54, 1.807) is 59.8 Å². The molecule has 39 heavy (non-hydrogen) atoms. The zero-order valence-electron chi connectivity index (χ0n) is 22.1. The SMILES string of the molecule is CC(C)(O)Cn1ccc2cc(-c3ccc(C(=O)N4CC[C@](C)(N)C4)cc3-c3ccc(C#N)c(F)c3)c(F)cc21. The molecule has 0 aliphatic carbocycles. The minimum Gasteiger partial charge on any atom is -0.389 e. The number of hydrogen-bond acceptors (Lipinski definition) is 4. The number of likely N-dealkylation sites (tertiary alicyclic amines) is 1. The van der Waals surface area contributed by atoms with Crippen LogP contribution in [0.4, 0.5) is 8.78 Å². The molecule has 1 saturated heterocycles. The van der Waals surface area contributed by atoms with Crippen molar-refractivity contribution in [1.29, 1.82) is 5.26 Å². The standard InChI is InChI=1S/C31H30F2N4O2/c1-30(2,39)17-36-10-8-20-12-25(27(33)15-28(20)36)23-7-6-21(29(38)37-11-9-31(3,35)18-37)13-24(23)19-4-5-22(16-34)26(32)14-19/h4-8,10,12-15,39H,9,11,17-18,35H2,1-3H3/t31-/m0/s1. The number of amides is 1. The molecule has 200 valence electrons. The smallest absolute Gasteiger partial charge is 0.253 e. The van der Waals surface area contributed by atoms with Crippen LogP contribution in [0.15, 0.2) is 60.8 Å². The third-order valence-corrected chi connectivity index (χ3v) is 7.17. The van der Waals surface area contributed by atoms with Crippen LogP contribution in [0.5, 0.6) is 0 Å². The Morgan fingerprint density at radius 3 is 2.49 bits per heavy atom. The number of rotatable bonds is 5. The lowest BCUT2D eigenvalue weighted by molar-refractivity contribution is 0.0628. The number of hydrogen-bond donors (Lipinski definition) is 2. The third-order valence-electron chi connectivity index (χ3n) is 7.17. The monoisotopic (exact) mass is 528 g/mol. The van der Waals surface area contributed by atoms with E-state index in [1.165, 1.54) is 18.2 Å². The van der Waals surface area contributed by atoms with Crippen LogP contribution in [0.1, 0.15) is 43.1 Å². The predicted octanol–water partition coefficient (Wildman–Crippen LogP) is 5.46. The van der Waals surface area contributed by atoms with Crippen LogP contribution in [0.2, 0.25) is 0 Å². The van der Waals surface area contributed by atoms with Gasteiger partial charge in [-0.25, -0.2) is 8.78 Å². The van der Waals surface area contributed by atoms with Crippen molar-refractivity contribution in [2.24, 2.45) is 5.73 Å². The van der Waals surface area contributed by atoms with Gasteiger partial charge >= 0.3 is 0 Å². The van der Waals surface area contributed by atoms with Crippen molar-refractivity contribution in [1.82, 2.24) is 9.47 Å². The van der Waals surface area contributed by atoms with E-state index in [0.29, 0.717) is 53.8 Å². The van der Waals surface area contributed by atoms with E-state index in [0.717, 1.165) is 5.39 Å². The summed E-state index contributed by atoms with van der Waals surface area (Å²) in [4.78, 5) is 15.0. The lowest BCUT2D eigenvalue weighted by Gasteiger charge is -2.21. The Balaban J connectivity index is 1.64. The van der Waals surface area contributed by atoms with E-state index in [4.69, 9.17) is 5.73 Å². The molecule has 2 heterocycles. The number of nitriles is 1. The Morgan fingerprint density at radius 1 is 1.08 bits per heavy atom. The van der Waals surface area contributed by atoms with Gasteiger partial charge in [-0.3, -0.25) is 4.79 Å². The molecule has 8 heteroatoms. The van der Waals surface area contributed by atoms with Crippen LogP contribution in [0.3, 0.4) is 0 Å². The Bertz CT molecular complexity index is 1640. The van der Waals surface area contributed by atoms with E-state index in [-0.39, 0.29) is 17.0 Å². The minimum absolute atomic E-state index is 0.104. The van der Waals surface area contributed by atoms with Crippen LogP contribution < -0.4 is 5.73 Å². The summed E-state index contributed by atoms with van der Waals surface area (Å²) in [7, 11) is 0. The van der Waals surface area contributed by atoms with Gasteiger partial charge in [-0.2, -0.15) is 5.26 Å². The first-order valence-corrected chi connectivity index (χ1v) is 12.8. The number of fused-ring (bicyclic) bond motifs is 1. The van der Waals surface area contributed by atoms with Gasteiger partial charge in [-0.15, -0.1) is 0 Å². The summed E-state index contributed by atoms with van der Waals surface area (Å²) in [5.74, 6) is -1.40. The molecule has 0 unspecified atom stereocenters. The lowest BCUT2D eigenvalue weighted by Crippen LogP contribution is -2.40. The first kappa shape index (κ1) is 26.5. The molecule has 0 bridgehead atoms. The molecule has 1 aliphatic heterocycles. The highest BCUT2D eigenvalue weighted by Crippen LogP contribution is 2.37. The van der Waals surface area contributed by atoms with Gasteiger partial charge in [0.2, 0.25) is 0 Å². The van der Waals surface area contributed by atoms with Crippen molar-refractivity contribution in [3.63, 3.8) is 0 Å². The number of nitrogens with zero attached hydrogens (tertiary/aromatic N) is 3. The van der Waals surface area contributed by atoms with Crippen LogP contribution >= 0.6 is 0 Å². The molecule has 6 nitrogen and oxygen atoms in total. The molecule has 5 rings (SSSR count). The topological polar surface area (TPSA) is 95.3 Å². The van der Waals surface area contributed by atoms with Gasteiger partial charge in [0.25, 0.3) is 5.91 Å². The van der Waals surface area contributed by atoms with Gasteiger partial charge in [0, 0.05) is 41.3 Å². The Kier molecular flexibility index (Phi) is 6.53. The van der Waals surface area contributed by atoms with E-state index in [1.807, 2.05) is 19.1 Å². The molecule has 1 amide bonds. The molecule has 4 aromatic rings. The van der Waals surface area contributed by atoms with Crippen molar-refractivity contribution >= 4 is 16.8 Å². The predicted molar refractivity (Wildman–Crippen MR) is 147 cm³/mol. The molecule has 1 atom stereocenters. The van der Waals surface area contributed by atoms with Crippen molar-refractivity contribution in [3.8, 4) is 28.3 Å². The average Bonchev–Trinajstić information content (AvgIpc) is 3.43. The summed E-state index contributed by atoms with van der Waals surface area (Å²) < 4.78 is 32.2. The second kappa shape index (κ2) is 9.60. The van der Waals surface area contributed by atoms with Gasteiger partial charge in [0.05, 0.1) is 23.2 Å². The second-order valence-electron chi connectivity index (χ2n) is 11.3. The number of carbonyl (C=O) groups excluding carboxylic acids is 1. The third kappa shape index (κ3) is 5.29. The fraction of sp³-hybridized carbons (Fsp3) is 0.290. The van der Waals surface area contributed by atoms with Crippen molar-refractivity contribution in [2.45, 2.75) is 44.9 Å². The van der Waals surface area contributed by atoms with Crippen molar-refractivity contribution < 1.29 is 18.7 Å². The first-order valence-electron chi connectivity index (χ1n) is 12.8. The summed E-state index contributed by atoms with van der Waals surface area (Å²) in [6, 6.07) is 16.0. The molecule has 0 radical (unpaired) electrons. The van der Waals surface area contributed by atoms with Gasteiger partial charge in [0.15, 0.2) is 0 Å². The highest BCUT2D eigenvalue weighted by atomic mass is 19.1. The summed E-state index contributed by atoms with van der Waals surface area (Å²) >= 11 is 0. The number of aliphatic hydroxyl groups is 1. The summed E-state index contributed by atoms with van der Waals surface area (Å²) in [5.41, 5.74) is 7.35. The molecule has 3 N–H and O–H groups in total. The maximum atomic E-state index is 15.7. The van der Waals surface area contributed by atoms with Gasteiger partial charge in [0.1, 0.15) is 17.7 Å². The van der Waals surface area contributed by atoms with E-state index in [2.05, 4.69) is 0 Å². The maximum Gasteiger partial charge on any atom is 0.253 e. The molecular formula is C31H30F2N4O2. The fourth-order valence-corrected chi connectivity index (χ4v) is 5.24. The van der Waals surface area contributed by atoms with Crippen LogP contribution in [-0.4, -0.2) is 44.7 Å². The quantitative estimate of drug-likeness (QED) is 0.360. The maximum absolute atomic E-state index is 15.7. The molecule has 0 saturated carbocycles. The van der Waals surface area contributed by atoms with Gasteiger partial charge < -0.3 is 20.3 Å². The zero-order chi connectivity index (χ0) is 28.1. The fourth-order valence-electron chi connectivity index (χ4n) is 5.24. The molecule has 1 aliphatic rings.